The van der Waals surface area contributed by atoms with Crippen molar-refractivity contribution in [1.82, 2.24) is 9.97 Å². The summed E-state index contributed by atoms with van der Waals surface area (Å²) in [4.78, 5) is 7.83. The molecule has 0 spiro atoms. The van der Waals surface area contributed by atoms with Gasteiger partial charge in [0.15, 0.2) is 16.7 Å². The molecule has 0 radical (unpaired) electrons. The number of rotatable bonds is 6. The lowest BCUT2D eigenvalue weighted by Crippen LogP contribution is -2.15. The maximum Gasteiger partial charge on any atom is 0.263 e. The normalized spacial score (nSPS) is 11.6. The molecule has 1 N–H and O–H groups in total. The summed E-state index contributed by atoms with van der Waals surface area (Å²) >= 11 is 24.3. The zero-order valence-corrected chi connectivity index (χ0v) is 19.5. The topological polar surface area (TPSA) is 81.2 Å². The van der Waals surface area contributed by atoms with E-state index < -0.39 is 10.0 Å². The smallest absolute Gasteiger partial charge is 0.263 e. The van der Waals surface area contributed by atoms with Crippen molar-refractivity contribution in [3.8, 4) is 11.5 Å². The Morgan fingerprint density at radius 1 is 0.933 bits per heavy atom. The number of nitrogens with one attached hydrogen (secondary N) is 1. The number of hydrogen-bond donors (Lipinski definition) is 1. The van der Waals surface area contributed by atoms with Crippen molar-refractivity contribution in [1.29, 1.82) is 0 Å². The highest BCUT2D eigenvalue weighted by molar-refractivity contribution is 7.92. The maximum atomic E-state index is 12.8. The van der Waals surface area contributed by atoms with Gasteiger partial charge in [0.05, 0.1) is 14.9 Å². The summed E-state index contributed by atoms with van der Waals surface area (Å²) in [6.45, 7) is 4.03. The van der Waals surface area contributed by atoms with Crippen LogP contribution in [0.25, 0.3) is 0 Å². The minimum absolute atomic E-state index is 0.0289. The van der Waals surface area contributed by atoms with Gasteiger partial charge in [-0.2, -0.15) is 0 Å². The van der Waals surface area contributed by atoms with Crippen molar-refractivity contribution in [2.24, 2.45) is 0 Å². The third kappa shape index (κ3) is 5.10. The molecule has 0 aliphatic heterocycles. The van der Waals surface area contributed by atoms with Crippen molar-refractivity contribution < 1.29 is 13.2 Å². The molecule has 2 aromatic carbocycles. The second kappa shape index (κ2) is 9.16. The molecule has 1 aromatic heterocycles. The Morgan fingerprint density at radius 3 is 2.10 bits per heavy atom. The minimum Gasteiger partial charge on any atom is -0.447 e. The highest BCUT2D eigenvalue weighted by Crippen LogP contribution is 2.42. The summed E-state index contributed by atoms with van der Waals surface area (Å²) in [5.41, 5.74) is 1.01. The largest absolute Gasteiger partial charge is 0.447 e. The SMILES string of the molecule is CC(C)c1ccc(S(=O)(=O)Nc2ncnc(Cl)c2Oc2c(Cl)cc(Cl)cc2Cl)cc1. The fourth-order valence-electron chi connectivity index (χ4n) is 2.46. The Hall–Kier alpha value is -1.77. The number of sulfonamides is 1. The average molecular weight is 507 g/mol. The summed E-state index contributed by atoms with van der Waals surface area (Å²) < 4.78 is 33.7. The van der Waals surface area contributed by atoms with Gasteiger partial charge in [-0.25, -0.2) is 18.4 Å². The van der Waals surface area contributed by atoms with E-state index in [2.05, 4.69) is 14.7 Å². The molecule has 6 nitrogen and oxygen atoms in total. The minimum atomic E-state index is -3.98. The van der Waals surface area contributed by atoms with Crippen molar-refractivity contribution in [2.75, 3.05) is 4.72 Å². The van der Waals surface area contributed by atoms with Crippen LogP contribution >= 0.6 is 46.4 Å². The van der Waals surface area contributed by atoms with Gasteiger partial charge in [-0.05, 0) is 35.7 Å². The molecule has 0 fully saturated rings. The molecule has 0 aliphatic rings. The van der Waals surface area contributed by atoms with E-state index in [4.69, 9.17) is 51.1 Å². The van der Waals surface area contributed by atoms with Gasteiger partial charge in [0.2, 0.25) is 5.75 Å². The molecule has 0 saturated carbocycles. The van der Waals surface area contributed by atoms with E-state index in [-0.39, 0.29) is 43.3 Å². The number of nitrogens with zero attached hydrogens (tertiary/aromatic N) is 2. The predicted molar refractivity (Wildman–Crippen MR) is 120 cm³/mol. The van der Waals surface area contributed by atoms with Gasteiger partial charge in [-0.1, -0.05) is 72.4 Å². The second-order valence-corrected chi connectivity index (χ2v) is 9.76. The number of anilines is 1. The summed E-state index contributed by atoms with van der Waals surface area (Å²) in [5.74, 6) is -0.0388. The van der Waals surface area contributed by atoms with Crippen molar-refractivity contribution in [2.45, 2.75) is 24.7 Å². The van der Waals surface area contributed by atoms with Crippen LogP contribution in [0.1, 0.15) is 25.3 Å². The van der Waals surface area contributed by atoms with Crippen LogP contribution in [0.2, 0.25) is 20.2 Å². The molecular weight excluding hydrogens is 492 g/mol. The lowest BCUT2D eigenvalue weighted by molar-refractivity contribution is 0.481. The van der Waals surface area contributed by atoms with E-state index in [0.717, 1.165) is 11.9 Å². The van der Waals surface area contributed by atoms with Crippen LogP contribution in [0.5, 0.6) is 11.5 Å². The highest BCUT2D eigenvalue weighted by Gasteiger charge is 2.22. The standard InChI is InChI=1S/C19H15Cl4N3O3S/c1-10(2)11-3-5-13(6-4-11)30(27,28)26-19-17(18(23)24-9-25-19)29-16-14(21)7-12(20)8-15(16)22/h3-10H,1-2H3,(H,24,25,26). The Morgan fingerprint density at radius 2 is 1.53 bits per heavy atom. The summed E-state index contributed by atoms with van der Waals surface area (Å²) in [6.07, 6.45) is 1.10. The molecule has 158 valence electrons. The Bertz CT molecular complexity index is 1160. The van der Waals surface area contributed by atoms with E-state index in [9.17, 15) is 8.42 Å². The molecule has 3 aromatic rings. The van der Waals surface area contributed by atoms with Gasteiger partial charge >= 0.3 is 0 Å². The van der Waals surface area contributed by atoms with Crippen molar-refractivity contribution in [3.05, 3.63) is 68.5 Å². The first-order valence-corrected chi connectivity index (χ1v) is 11.5. The maximum absolute atomic E-state index is 12.8. The van der Waals surface area contributed by atoms with Gasteiger partial charge in [0, 0.05) is 5.02 Å². The Kier molecular flexibility index (Phi) is 6.99. The van der Waals surface area contributed by atoms with Gasteiger partial charge in [-0.3, -0.25) is 4.72 Å². The molecule has 0 amide bonds. The third-order valence-electron chi connectivity index (χ3n) is 4.02. The van der Waals surface area contributed by atoms with Crippen LogP contribution in [0.3, 0.4) is 0 Å². The molecular formula is C19H15Cl4N3O3S. The highest BCUT2D eigenvalue weighted by atomic mass is 35.5. The van der Waals surface area contributed by atoms with Crippen LogP contribution < -0.4 is 9.46 Å². The number of halogens is 4. The Balaban J connectivity index is 1.97. The molecule has 0 aliphatic carbocycles. The van der Waals surface area contributed by atoms with E-state index >= 15 is 0 Å². The monoisotopic (exact) mass is 505 g/mol. The molecule has 0 saturated heterocycles. The molecule has 0 bridgehead atoms. The van der Waals surface area contributed by atoms with Crippen molar-refractivity contribution >= 4 is 62.2 Å². The predicted octanol–water partition coefficient (Wildman–Crippen LogP) is 6.81. The van der Waals surface area contributed by atoms with E-state index in [1.165, 1.54) is 24.3 Å². The lowest BCUT2D eigenvalue weighted by atomic mass is 10.0. The second-order valence-electron chi connectivity index (χ2n) is 6.47. The van der Waals surface area contributed by atoms with E-state index in [0.29, 0.717) is 5.02 Å². The molecule has 0 unspecified atom stereocenters. The van der Waals surface area contributed by atoms with Gasteiger partial charge in [0.25, 0.3) is 10.0 Å². The average Bonchev–Trinajstić information content (AvgIpc) is 2.66. The zero-order valence-electron chi connectivity index (χ0n) is 15.7. The van der Waals surface area contributed by atoms with Crippen molar-refractivity contribution in [3.63, 3.8) is 0 Å². The fraction of sp³-hybridized carbons (Fsp3) is 0.158. The van der Waals surface area contributed by atoms with E-state index in [1.807, 2.05) is 13.8 Å². The lowest BCUT2D eigenvalue weighted by Gasteiger charge is -2.15. The number of hydrogen-bond acceptors (Lipinski definition) is 5. The third-order valence-corrected chi connectivity index (χ3v) is 6.42. The first-order valence-electron chi connectivity index (χ1n) is 8.54. The molecule has 30 heavy (non-hydrogen) atoms. The van der Waals surface area contributed by atoms with Crippen LogP contribution in [0, 0.1) is 0 Å². The quantitative estimate of drug-likeness (QED) is 0.371. The fourth-order valence-corrected chi connectivity index (χ4v) is 4.54. The summed E-state index contributed by atoms with van der Waals surface area (Å²) in [5, 5.41) is 0.370. The van der Waals surface area contributed by atoms with Gasteiger partial charge < -0.3 is 4.74 Å². The number of benzene rings is 2. The van der Waals surface area contributed by atoms with Crippen LogP contribution in [0.4, 0.5) is 5.82 Å². The van der Waals surface area contributed by atoms with E-state index in [1.54, 1.807) is 12.1 Å². The van der Waals surface area contributed by atoms with Crippen LogP contribution in [0.15, 0.2) is 47.6 Å². The Labute approximate surface area is 194 Å². The number of ether oxygens (including phenoxy) is 1. The van der Waals surface area contributed by atoms with Crippen LogP contribution in [-0.2, 0) is 10.0 Å². The van der Waals surface area contributed by atoms with Gasteiger partial charge in [-0.15, -0.1) is 0 Å². The molecule has 3 rings (SSSR count). The first kappa shape index (κ1) is 22.9. The molecule has 11 heteroatoms. The molecule has 1 heterocycles. The molecule has 0 atom stereocenters. The summed E-state index contributed by atoms with van der Waals surface area (Å²) in [7, 11) is -3.98. The zero-order chi connectivity index (χ0) is 22.1. The van der Waals surface area contributed by atoms with Gasteiger partial charge in [0.1, 0.15) is 6.33 Å². The first-order chi connectivity index (χ1) is 14.1. The summed E-state index contributed by atoms with van der Waals surface area (Å²) in [6, 6.07) is 9.35. The van der Waals surface area contributed by atoms with Crippen LogP contribution in [-0.4, -0.2) is 18.4 Å². The number of aromatic nitrogens is 2.